The molecule has 1 aromatic rings. The summed E-state index contributed by atoms with van der Waals surface area (Å²) < 4.78 is 25.7. The van der Waals surface area contributed by atoms with Gasteiger partial charge in [-0.05, 0) is 12.8 Å². The molecule has 0 aliphatic rings. The third kappa shape index (κ3) is 3.22. The maximum atomic E-state index is 12.1. The van der Waals surface area contributed by atoms with Gasteiger partial charge in [0.05, 0.1) is 11.8 Å². The largest absolute Gasteiger partial charge is 0.321 e. The van der Waals surface area contributed by atoms with Crippen molar-refractivity contribution in [2.75, 3.05) is 5.75 Å². The fourth-order valence-corrected chi connectivity index (χ4v) is 3.00. The number of nitrogens with two attached hydrogens (primary N) is 1. The normalized spacial score (nSPS) is 15.2. The average molecular weight is 286 g/mol. The maximum absolute atomic E-state index is 12.1. The molecular formula is C12H22N4O2S. The minimum atomic E-state index is -3.48. The van der Waals surface area contributed by atoms with Gasteiger partial charge in [0.2, 0.25) is 15.0 Å². The van der Waals surface area contributed by atoms with Gasteiger partial charge in [0, 0.05) is 6.54 Å². The van der Waals surface area contributed by atoms with Crippen LogP contribution in [0.25, 0.3) is 0 Å². The Bertz CT molecular complexity index is 536. The highest BCUT2D eigenvalue weighted by molar-refractivity contribution is 7.91. The van der Waals surface area contributed by atoms with Gasteiger partial charge in [0.1, 0.15) is 0 Å². The molecule has 2 N–H and O–H groups in total. The summed E-state index contributed by atoms with van der Waals surface area (Å²) in [5, 5.41) is 7.77. The molecule has 0 spiro atoms. The molecule has 0 radical (unpaired) electrons. The molecule has 0 saturated carbocycles. The standard InChI is InChI=1S/C12H22N4O2S/c1-5-8-19(17,18)12-15-14-11(16(12)7-3)10(13)9(4)6-2/h5,9-10H,1,6-8,13H2,2-4H3/t9-,10+/m0/s1. The Hall–Kier alpha value is -1.21. The molecule has 0 fully saturated rings. The summed E-state index contributed by atoms with van der Waals surface area (Å²) in [4.78, 5) is 0. The molecule has 0 saturated heterocycles. The van der Waals surface area contributed by atoms with Gasteiger partial charge < -0.3 is 10.3 Å². The predicted molar refractivity (Wildman–Crippen MR) is 74.3 cm³/mol. The Balaban J connectivity index is 3.26. The van der Waals surface area contributed by atoms with Gasteiger partial charge in [-0.1, -0.05) is 26.3 Å². The van der Waals surface area contributed by atoms with Crippen molar-refractivity contribution >= 4 is 9.84 Å². The van der Waals surface area contributed by atoms with E-state index in [1.807, 2.05) is 20.8 Å². The molecule has 1 rings (SSSR count). The third-order valence-corrected chi connectivity index (χ3v) is 4.77. The molecule has 0 aliphatic heterocycles. The summed E-state index contributed by atoms with van der Waals surface area (Å²) in [5.41, 5.74) is 6.12. The van der Waals surface area contributed by atoms with Gasteiger partial charge in [-0.3, -0.25) is 0 Å². The van der Waals surface area contributed by atoms with E-state index in [9.17, 15) is 8.42 Å². The first-order valence-corrected chi connectivity index (χ1v) is 8.06. The summed E-state index contributed by atoms with van der Waals surface area (Å²) in [6.45, 7) is 9.82. The van der Waals surface area contributed by atoms with Crippen LogP contribution in [0.4, 0.5) is 0 Å². The van der Waals surface area contributed by atoms with Gasteiger partial charge in [0.25, 0.3) is 0 Å². The van der Waals surface area contributed by atoms with Crippen molar-refractivity contribution in [3.63, 3.8) is 0 Å². The number of sulfone groups is 1. The highest BCUT2D eigenvalue weighted by Gasteiger charge is 2.27. The van der Waals surface area contributed by atoms with E-state index < -0.39 is 9.84 Å². The van der Waals surface area contributed by atoms with Gasteiger partial charge in [0.15, 0.2) is 5.82 Å². The first-order valence-electron chi connectivity index (χ1n) is 6.41. The zero-order chi connectivity index (χ0) is 14.6. The molecule has 0 bridgehead atoms. The topological polar surface area (TPSA) is 90.9 Å². The van der Waals surface area contributed by atoms with Crippen molar-refractivity contribution in [3.05, 3.63) is 18.5 Å². The lowest BCUT2D eigenvalue weighted by molar-refractivity contribution is 0.419. The molecule has 0 aliphatic carbocycles. The SMILES string of the molecule is C=CCS(=O)(=O)c1nnc([C@H](N)[C@@H](C)CC)n1CC. The molecule has 0 unspecified atom stereocenters. The number of aromatic nitrogens is 3. The molecule has 6 nitrogen and oxygen atoms in total. The zero-order valence-electron chi connectivity index (χ0n) is 11.7. The molecule has 2 atom stereocenters. The zero-order valence-corrected chi connectivity index (χ0v) is 12.5. The summed E-state index contributed by atoms with van der Waals surface area (Å²) >= 11 is 0. The fraction of sp³-hybridized carbons (Fsp3) is 0.667. The van der Waals surface area contributed by atoms with Gasteiger partial charge >= 0.3 is 0 Å². The van der Waals surface area contributed by atoms with E-state index in [-0.39, 0.29) is 22.9 Å². The molecule has 108 valence electrons. The number of rotatable bonds is 7. The minimum Gasteiger partial charge on any atom is -0.321 e. The van der Waals surface area contributed by atoms with Crippen LogP contribution in [-0.4, -0.2) is 28.9 Å². The molecule has 1 heterocycles. The number of hydrogen-bond donors (Lipinski definition) is 1. The molecule has 7 heteroatoms. The third-order valence-electron chi connectivity index (χ3n) is 3.23. The highest BCUT2D eigenvalue weighted by atomic mass is 32.2. The van der Waals surface area contributed by atoms with E-state index in [1.54, 1.807) is 4.57 Å². The smallest absolute Gasteiger partial charge is 0.250 e. The Labute approximate surface area is 114 Å². The monoisotopic (exact) mass is 286 g/mol. The molecule has 19 heavy (non-hydrogen) atoms. The van der Waals surface area contributed by atoms with E-state index in [0.29, 0.717) is 12.4 Å². The van der Waals surface area contributed by atoms with Crippen molar-refractivity contribution in [2.45, 2.75) is 44.9 Å². The molecule has 0 amide bonds. The Morgan fingerprint density at radius 2 is 2.05 bits per heavy atom. The second kappa shape index (κ2) is 6.29. The van der Waals surface area contributed by atoms with Crippen molar-refractivity contribution in [1.29, 1.82) is 0 Å². The van der Waals surface area contributed by atoms with Crippen molar-refractivity contribution in [1.82, 2.24) is 14.8 Å². The molecule has 0 aromatic carbocycles. The van der Waals surface area contributed by atoms with Gasteiger partial charge in [-0.15, -0.1) is 16.8 Å². The predicted octanol–water partition coefficient (Wildman–Crippen LogP) is 1.30. The second-order valence-electron chi connectivity index (χ2n) is 4.57. The summed E-state index contributed by atoms with van der Waals surface area (Å²) in [6.07, 6.45) is 2.24. The van der Waals surface area contributed by atoms with Crippen LogP contribution in [-0.2, 0) is 16.4 Å². The van der Waals surface area contributed by atoms with Gasteiger partial charge in [-0.25, -0.2) is 8.42 Å². The van der Waals surface area contributed by atoms with E-state index in [4.69, 9.17) is 5.73 Å². The lowest BCUT2D eigenvalue weighted by Gasteiger charge is -2.18. The van der Waals surface area contributed by atoms with Crippen LogP contribution >= 0.6 is 0 Å². The first-order chi connectivity index (χ1) is 8.88. The first kappa shape index (κ1) is 15.8. The van der Waals surface area contributed by atoms with Crippen molar-refractivity contribution in [2.24, 2.45) is 11.7 Å². The summed E-state index contributed by atoms with van der Waals surface area (Å²) in [5.74, 6) is 0.591. The fourth-order valence-electron chi connectivity index (χ4n) is 1.81. The van der Waals surface area contributed by atoms with E-state index >= 15 is 0 Å². The summed E-state index contributed by atoms with van der Waals surface area (Å²) in [7, 11) is -3.48. The molecular weight excluding hydrogens is 264 g/mol. The van der Waals surface area contributed by atoms with Crippen LogP contribution in [0.15, 0.2) is 17.8 Å². The van der Waals surface area contributed by atoms with Crippen molar-refractivity contribution in [3.8, 4) is 0 Å². The highest BCUT2D eigenvalue weighted by Crippen LogP contribution is 2.22. The number of hydrogen-bond acceptors (Lipinski definition) is 5. The summed E-state index contributed by atoms with van der Waals surface area (Å²) in [6, 6.07) is -0.315. The average Bonchev–Trinajstić information content (AvgIpc) is 2.81. The maximum Gasteiger partial charge on any atom is 0.250 e. The van der Waals surface area contributed by atoms with Crippen LogP contribution in [0, 0.1) is 5.92 Å². The second-order valence-corrected chi connectivity index (χ2v) is 6.49. The van der Waals surface area contributed by atoms with Gasteiger partial charge in [-0.2, -0.15) is 0 Å². The lowest BCUT2D eigenvalue weighted by Crippen LogP contribution is -2.24. The van der Waals surface area contributed by atoms with Crippen LogP contribution in [0.5, 0.6) is 0 Å². The van der Waals surface area contributed by atoms with E-state index in [1.165, 1.54) is 6.08 Å². The number of nitrogens with zero attached hydrogens (tertiary/aromatic N) is 3. The lowest BCUT2D eigenvalue weighted by atomic mass is 9.99. The van der Waals surface area contributed by atoms with Crippen LogP contribution in [0.3, 0.4) is 0 Å². The quantitative estimate of drug-likeness (QED) is 0.763. The molecule has 1 aromatic heterocycles. The van der Waals surface area contributed by atoms with E-state index in [2.05, 4.69) is 16.8 Å². The van der Waals surface area contributed by atoms with Crippen LogP contribution in [0.1, 0.15) is 39.1 Å². The van der Waals surface area contributed by atoms with Crippen LogP contribution in [0.2, 0.25) is 0 Å². The Morgan fingerprint density at radius 3 is 2.53 bits per heavy atom. The minimum absolute atomic E-state index is 0.0244. The van der Waals surface area contributed by atoms with E-state index in [0.717, 1.165) is 6.42 Å². The Kier molecular flexibility index (Phi) is 5.25. The van der Waals surface area contributed by atoms with Crippen molar-refractivity contribution < 1.29 is 8.42 Å². The Morgan fingerprint density at radius 1 is 1.42 bits per heavy atom. The van der Waals surface area contributed by atoms with Crippen LogP contribution < -0.4 is 5.73 Å².